The van der Waals surface area contributed by atoms with Gasteiger partial charge in [0, 0.05) is 12.1 Å². The Hall–Kier alpha value is -2.56. The van der Waals surface area contributed by atoms with Crippen LogP contribution in [0.15, 0.2) is 46.8 Å². The molecule has 0 aliphatic carbocycles. The maximum Gasteiger partial charge on any atom is 0.326 e. The molecule has 7 nitrogen and oxygen atoms in total. The number of anilines is 1. The number of benzene rings is 2. The zero-order chi connectivity index (χ0) is 24.5. The van der Waals surface area contributed by atoms with Crippen molar-refractivity contribution >= 4 is 51.9 Å². The summed E-state index contributed by atoms with van der Waals surface area (Å²) in [6, 6.07) is 12.5. The lowest BCUT2D eigenvalue weighted by atomic mass is 9.93. The van der Waals surface area contributed by atoms with Gasteiger partial charge in [-0.25, -0.2) is 4.79 Å². The molecule has 2 aromatic carbocycles. The summed E-state index contributed by atoms with van der Waals surface area (Å²) in [6.45, 7) is 4.59. The van der Waals surface area contributed by atoms with Crippen molar-refractivity contribution in [3.05, 3.63) is 59.2 Å². The van der Waals surface area contributed by atoms with E-state index in [1.807, 2.05) is 49.6 Å². The Morgan fingerprint density at radius 2 is 1.94 bits per heavy atom. The van der Waals surface area contributed by atoms with Crippen LogP contribution in [-0.2, 0) is 11.3 Å². The SMILES string of the molecule is CCSc1nnc(NCc2ccc(C(=O)NC(CCSC)C(=O)O)c(-c3ccccc3C)c2)s1. The van der Waals surface area contributed by atoms with Gasteiger partial charge in [-0.05, 0) is 65.5 Å². The average Bonchev–Trinajstić information content (AvgIpc) is 3.28. The first-order chi connectivity index (χ1) is 16.4. The first kappa shape index (κ1) is 26.1. The van der Waals surface area contributed by atoms with E-state index < -0.39 is 17.9 Å². The summed E-state index contributed by atoms with van der Waals surface area (Å²) in [5, 5.41) is 24.6. The number of nitrogens with one attached hydrogen (secondary N) is 2. The second-order valence-corrected chi connectivity index (χ2v) is 11.0. The summed E-state index contributed by atoms with van der Waals surface area (Å²) in [5.74, 6) is 0.170. The van der Waals surface area contributed by atoms with Gasteiger partial charge in [0.1, 0.15) is 6.04 Å². The smallest absolute Gasteiger partial charge is 0.326 e. The molecule has 0 aliphatic rings. The molecule has 1 aromatic heterocycles. The molecule has 0 saturated heterocycles. The van der Waals surface area contributed by atoms with Gasteiger partial charge in [-0.2, -0.15) is 11.8 Å². The second kappa shape index (κ2) is 12.8. The standard InChI is InChI=1S/C24H28N4O3S3/c1-4-33-24-28-27-23(34-24)25-14-16-9-10-18(19(13-16)17-8-6-5-7-15(17)2)21(29)26-20(22(30)31)11-12-32-3/h5-10,13,20H,4,11-12,14H2,1-3H3,(H,25,27)(H,26,29)(H,30,31). The summed E-state index contributed by atoms with van der Waals surface area (Å²) >= 11 is 4.72. The maximum atomic E-state index is 13.2. The van der Waals surface area contributed by atoms with Crippen LogP contribution in [0, 0.1) is 6.92 Å². The highest BCUT2D eigenvalue weighted by molar-refractivity contribution is 8.01. The lowest BCUT2D eigenvalue weighted by Gasteiger charge is -2.17. The monoisotopic (exact) mass is 516 g/mol. The number of aromatic nitrogens is 2. The normalized spacial score (nSPS) is 11.7. The number of hydrogen-bond donors (Lipinski definition) is 3. The Morgan fingerprint density at radius 1 is 1.15 bits per heavy atom. The fraction of sp³-hybridized carbons (Fsp3) is 0.333. The van der Waals surface area contributed by atoms with Crippen LogP contribution < -0.4 is 10.6 Å². The molecule has 3 aromatic rings. The topological polar surface area (TPSA) is 104 Å². The van der Waals surface area contributed by atoms with Crippen LogP contribution in [0.3, 0.4) is 0 Å². The molecule has 180 valence electrons. The molecular weight excluding hydrogens is 488 g/mol. The molecule has 1 atom stereocenters. The Morgan fingerprint density at radius 3 is 2.65 bits per heavy atom. The van der Waals surface area contributed by atoms with E-state index >= 15 is 0 Å². The van der Waals surface area contributed by atoms with E-state index in [1.54, 1.807) is 29.6 Å². The molecule has 0 saturated carbocycles. The Labute approximate surface area is 212 Å². The highest BCUT2D eigenvalue weighted by Crippen LogP contribution is 2.29. The lowest BCUT2D eigenvalue weighted by molar-refractivity contribution is -0.139. The van der Waals surface area contributed by atoms with Crippen LogP contribution in [0.25, 0.3) is 11.1 Å². The minimum absolute atomic E-state index is 0.365. The molecule has 1 amide bonds. The molecule has 0 spiro atoms. The summed E-state index contributed by atoms with van der Waals surface area (Å²) < 4.78 is 0.923. The third-order valence-corrected chi connectivity index (χ3v) is 7.64. The number of nitrogens with zero attached hydrogens (tertiary/aromatic N) is 2. The molecule has 3 N–H and O–H groups in total. The quantitative estimate of drug-likeness (QED) is 0.283. The molecule has 0 fully saturated rings. The summed E-state index contributed by atoms with van der Waals surface area (Å²) in [5.41, 5.74) is 4.16. The number of aliphatic carboxylic acids is 1. The van der Waals surface area contributed by atoms with Crippen LogP contribution in [0.5, 0.6) is 0 Å². The number of hydrogen-bond acceptors (Lipinski definition) is 8. The molecule has 10 heteroatoms. The second-order valence-electron chi connectivity index (χ2n) is 7.50. The summed E-state index contributed by atoms with van der Waals surface area (Å²) in [4.78, 5) is 24.8. The maximum absolute atomic E-state index is 13.2. The van der Waals surface area contributed by atoms with Crippen LogP contribution in [-0.4, -0.2) is 51.0 Å². The number of rotatable bonds is 12. The number of aryl methyl sites for hydroxylation is 1. The predicted molar refractivity (Wildman–Crippen MR) is 142 cm³/mol. The first-order valence-corrected chi connectivity index (χ1v) is 14.0. The highest BCUT2D eigenvalue weighted by atomic mass is 32.2. The number of thioether (sulfide) groups is 2. The van der Waals surface area contributed by atoms with Gasteiger partial charge in [-0.3, -0.25) is 4.79 Å². The lowest BCUT2D eigenvalue weighted by Crippen LogP contribution is -2.41. The van der Waals surface area contributed by atoms with Crippen molar-refractivity contribution in [1.29, 1.82) is 0 Å². The van der Waals surface area contributed by atoms with E-state index in [0.717, 1.165) is 37.5 Å². The number of carboxylic acids is 1. The van der Waals surface area contributed by atoms with Crippen molar-refractivity contribution in [1.82, 2.24) is 15.5 Å². The van der Waals surface area contributed by atoms with E-state index in [9.17, 15) is 14.7 Å². The van der Waals surface area contributed by atoms with Crippen molar-refractivity contribution in [3.63, 3.8) is 0 Å². The van der Waals surface area contributed by atoms with Gasteiger partial charge in [0.15, 0.2) is 4.34 Å². The Bertz CT molecular complexity index is 1140. The summed E-state index contributed by atoms with van der Waals surface area (Å²) in [7, 11) is 0. The van der Waals surface area contributed by atoms with E-state index in [0.29, 0.717) is 24.3 Å². The van der Waals surface area contributed by atoms with E-state index in [-0.39, 0.29) is 0 Å². The summed E-state index contributed by atoms with van der Waals surface area (Å²) in [6.07, 6.45) is 2.28. The van der Waals surface area contributed by atoms with Gasteiger partial charge < -0.3 is 15.7 Å². The van der Waals surface area contributed by atoms with Crippen molar-refractivity contribution in [3.8, 4) is 11.1 Å². The Balaban J connectivity index is 1.87. The molecule has 1 heterocycles. The first-order valence-electron chi connectivity index (χ1n) is 10.8. The van der Waals surface area contributed by atoms with Crippen molar-refractivity contribution in [2.75, 3.05) is 23.1 Å². The third-order valence-electron chi connectivity index (χ3n) is 5.10. The zero-order valence-corrected chi connectivity index (χ0v) is 21.8. The van der Waals surface area contributed by atoms with Gasteiger partial charge >= 0.3 is 5.97 Å². The van der Waals surface area contributed by atoms with Crippen LogP contribution >= 0.6 is 34.9 Å². The molecule has 34 heavy (non-hydrogen) atoms. The fourth-order valence-electron chi connectivity index (χ4n) is 3.37. The fourth-order valence-corrected chi connectivity index (χ4v) is 5.48. The molecule has 0 aliphatic heterocycles. The molecule has 3 rings (SSSR count). The number of amides is 1. The van der Waals surface area contributed by atoms with Crippen LogP contribution in [0.4, 0.5) is 5.13 Å². The van der Waals surface area contributed by atoms with E-state index in [4.69, 9.17) is 0 Å². The molecule has 0 bridgehead atoms. The minimum Gasteiger partial charge on any atom is -0.480 e. The van der Waals surface area contributed by atoms with Gasteiger partial charge in [0.25, 0.3) is 5.91 Å². The van der Waals surface area contributed by atoms with Gasteiger partial charge in [0.2, 0.25) is 5.13 Å². The largest absolute Gasteiger partial charge is 0.480 e. The Kier molecular flexibility index (Phi) is 9.79. The van der Waals surface area contributed by atoms with Gasteiger partial charge in [-0.15, -0.1) is 10.2 Å². The minimum atomic E-state index is -1.03. The average molecular weight is 517 g/mol. The molecule has 0 radical (unpaired) electrons. The highest BCUT2D eigenvalue weighted by Gasteiger charge is 2.22. The van der Waals surface area contributed by atoms with E-state index in [2.05, 4.69) is 27.8 Å². The zero-order valence-electron chi connectivity index (χ0n) is 19.3. The predicted octanol–water partition coefficient (Wildman–Crippen LogP) is 5.17. The van der Waals surface area contributed by atoms with Crippen molar-refractivity contribution in [2.24, 2.45) is 0 Å². The van der Waals surface area contributed by atoms with Gasteiger partial charge in [-0.1, -0.05) is 60.4 Å². The molecular formula is C24H28N4O3S3. The number of carboxylic acid groups (broad SMARTS) is 1. The van der Waals surface area contributed by atoms with Crippen molar-refractivity contribution < 1.29 is 14.7 Å². The van der Waals surface area contributed by atoms with Gasteiger partial charge in [0.05, 0.1) is 0 Å². The van der Waals surface area contributed by atoms with Crippen LogP contribution in [0.1, 0.15) is 34.8 Å². The third kappa shape index (κ3) is 6.97. The number of carbonyl (C=O) groups is 2. The van der Waals surface area contributed by atoms with Crippen molar-refractivity contribution in [2.45, 2.75) is 37.2 Å². The number of carbonyl (C=O) groups excluding carboxylic acids is 1. The van der Waals surface area contributed by atoms with Crippen LogP contribution in [0.2, 0.25) is 0 Å². The molecule has 1 unspecified atom stereocenters. The van der Waals surface area contributed by atoms with E-state index in [1.165, 1.54) is 11.3 Å².